The summed E-state index contributed by atoms with van der Waals surface area (Å²) in [5.41, 5.74) is 7.52. The summed E-state index contributed by atoms with van der Waals surface area (Å²) >= 11 is 0. The first-order valence-electron chi connectivity index (χ1n) is 5.35. The van der Waals surface area contributed by atoms with E-state index < -0.39 is 0 Å². The Morgan fingerprint density at radius 1 is 1.12 bits per heavy atom. The largest absolute Gasteiger partial charge is 0.489 e. The fourth-order valence-electron chi connectivity index (χ4n) is 1.45. The lowest BCUT2D eigenvalue weighted by atomic mass is 10.2. The number of hydrogen-bond acceptors (Lipinski definition) is 2. The van der Waals surface area contributed by atoms with E-state index in [0.717, 1.165) is 17.9 Å². The lowest BCUT2D eigenvalue weighted by molar-refractivity contribution is 0.355. The van der Waals surface area contributed by atoms with E-state index >= 15 is 0 Å². The minimum Gasteiger partial charge on any atom is -0.489 e. The van der Waals surface area contributed by atoms with Gasteiger partial charge in [-0.05, 0) is 36.3 Å². The second kappa shape index (κ2) is 5.21. The Bertz CT molecular complexity index is 427. The molecular weight excluding hydrogens is 198 g/mol. The third kappa shape index (κ3) is 3.02. The molecule has 0 atom stereocenters. The van der Waals surface area contributed by atoms with Gasteiger partial charge >= 0.3 is 0 Å². The lowest BCUT2D eigenvalue weighted by Gasteiger charge is -2.06. The monoisotopic (exact) mass is 213 g/mol. The normalized spacial score (nSPS) is 14.4. The molecule has 0 aromatic heterocycles. The molecule has 1 aliphatic carbocycles. The van der Waals surface area contributed by atoms with Crippen LogP contribution in [0.15, 0.2) is 60.2 Å². The van der Waals surface area contributed by atoms with Gasteiger partial charge in [0, 0.05) is 5.69 Å². The minimum absolute atomic E-state index is 0.588. The Balaban J connectivity index is 1.94. The molecule has 0 unspecified atom stereocenters. The maximum atomic E-state index is 5.65. The van der Waals surface area contributed by atoms with Gasteiger partial charge in [0.15, 0.2) is 0 Å². The fourth-order valence-corrected chi connectivity index (χ4v) is 1.45. The van der Waals surface area contributed by atoms with Crippen molar-refractivity contribution in [2.75, 3.05) is 12.3 Å². The Morgan fingerprint density at radius 3 is 2.75 bits per heavy atom. The van der Waals surface area contributed by atoms with Gasteiger partial charge in [0.2, 0.25) is 0 Å². The molecule has 1 aliphatic rings. The molecule has 2 nitrogen and oxygen atoms in total. The van der Waals surface area contributed by atoms with E-state index in [1.54, 1.807) is 0 Å². The molecule has 0 radical (unpaired) electrons. The van der Waals surface area contributed by atoms with Gasteiger partial charge in [0.05, 0.1) is 0 Å². The molecule has 0 aliphatic heterocycles. The Kier molecular flexibility index (Phi) is 3.44. The van der Waals surface area contributed by atoms with Crippen molar-refractivity contribution in [1.29, 1.82) is 0 Å². The standard InChI is InChI=1S/C14H15NO/c15-13-7-9-14(10-8-13)16-11-12-5-3-1-2-4-6-12/h1,3-10H,2,11,15H2. The molecule has 2 rings (SSSR count). The van der Waals surface area contributed by atoms with Gasteiger partial charge in [-0.2, -0.15) is 0 Å². The quantitative estimate of drug-likeness (QED) is 0.783. The molecule has 0 spiro atoms. The van der Waals surface area contributed by atoms with E-state index in [4.69, 9.17) is 10.5 Å². The van der Waals surface area contributed by atoms with Crippen molar-refractivity contribution in [2.45, 2.75) is 6.42 Å². The van der Waals surface area contributed by atoms with Crippen molar-refractivity contribution in [3.8, 4) is 5.75 Å². The highest BCUT2D eigenvalue weighted by atomic mass is 16.5. The molecule has 0 amide bonds. The Hall–Kier alpha value is -1.96. The fraction of sp³-hybridized carbons (Fsp3) is 0.143. The SMILES string of the molecule is Nc1ccc(OCC2=CC=CCC=C2)cc1. The average molecular weight is 213 g/mol. The summed E-state index contributed by atoms with van der Waals surface area (Å²) in [7, 11) is 0. The van der Waals surface area contributed by atoms with Crippen LogP contribution in [0.25, 0.3) is 0 Å². The first-order valence-corrected chi connectivity index (χ1v) is 5.35. The third-order valence-corrected chi connectivity index (χ3v) is 2.34. The van der Waals surface area contributed by atoms with Crippen LogP contribution in [0.4, 0.5) is 5.69 Å². The van der Waals surface area contributed by atoms with Crippen LogP contribution in [0, 0.1) is 0 Å². The zero-order valence-electron chi connectivity index (χ0n) is 9.10. The molecule has 1 aromatic rings. The van der Waals surface area contributed by atoms with Crippen molar-refractivity contribution in [1.82, 2.24) is 0 Å². The summed E-state index contributed by atoms with van der Waals surface area (Å²) in [5, 5.41) is 0. The summed E-state index contributed by atoms with van der Waals surface area (Å²) in [6.07, 6.45) is 11.5. The number of ether oxygens (including phenoxy) is 1. The van der Waals surface area contributed by atoms with E-state index in [1.165, 1.54) is 5.57 Å². The lowest BCUT2D eigenvalue weighted by Crippen LogP contribution is -1.99. The molecular formula is C14H15NO. The van der Waals surface area contributed by atoms with Crippen LogP contribution < -0.4 is 10.5 Å². The Labute approximate surface area is 95.7 Å². The zero-order valence-corrected chi connectivity index (χ0v) is 9.10. The van der Waals surface area contributed by atoms with Crippen LogP contribution in [-0.4, -0.2) is 6.61 Å². The molecule has 2 heteroatoms. The number of nitrogens with two attached hydrogens (primary N) is 1. The number of hydrogen-bond donors (Lipinski definition) is 1. The van der Waals surface area contributed by atoms with Crippen molar-refractivity contribution in [2.24, 2.45) is 0 Å². The van der Waals surface area contributed by atoms with Crippen molar-refractivity contribution in [3.63, 3.8) is 0 Å². The molecule has 2 N–H and O–H groups in total. The summed E-state index contributed by atoms with van der Waals surface area (Å²) in [6.45, 7) is 0.588. The molecule has 82 valence electrons. The first kappa shape index (κ1) is 10.6. The van der Waals surface area contributed by atoms with Crippen LogP contribution in [0.5, 0.6) is 5.75 Å². The van der Waals surface area contributed by atoms with Crippen molar-refractivity contribution >= 4 is 5.69 Å². The summed E-state index contributed by atoms with van der Waals surface area (Å²) in [4.78, 5) is 0. The van der Waals surface area contributed by atoms with Crippen molar-refractivity contribution < 1.29 is 4.74 Å². The number of rotatable bonds is 3. The zero-order chi connectivity index (χ0) is 11.2. The van der Waals surface area contributed by atoms with Gasteiger partial charge in [-0.15, -0.1) is 0 Å². The summed E-state index contributed by atoms with van der Waals surface area (Å²) in [6, 6.07) is 7.44. The summed E-state index contributed by atoms with van der Waals surface area (Å²) in [5.74, 6) is 0.844. The molecule has 16 heavy (non-hydrogen) atoms. The predicted molar refractivity (Wildman–Crippen MR) is 67.3 cm³/mol. The maximum absolute atomic E-state index is 5.65. The van der Waals surface area contributed by atoms with Gasteiger partial charge in [-0.1, -0.05) is 30.4 Å². The van der Waals surface area contributed by atoms with E-state index in [9.17, 15) is 0 Å². The molecule has 0 bridgehead atoms. The van der Waals surface area contributed by atoms with E-state index in [1.807, 2.05) is 24.3 Å². The van der Waals surface area contributed by atoms with E-state index in [-0.39, 0.29) is 0 Å². The molecule has 0 fully saturated rings. The Morgan fingerprint density at radius 2 is 1.94 bits per heavy atom. The third-order valence-electron chi connectivity index (χ3n) is 2.34. The minimum atomic E-state index is 0.588. The van der Waals surface area contributed by atoms with Gasteiger partial charge in [0.1, 0.15) is 12.4 Å². The number of anilines is 1. The average Bonchev–Trinajstić information content (AvgIpc) is 2.57. The van der Waals surface area contributed by atoms with Crippen LogP contribution in [-0.2, 0) is 0 Å². The van der Waals surface area contributed by atoms with Gasteiger partial charge < -0.3 is 10.5 Å². The van der Waals surface area contributed by atoms with Crippen molar-refractivity contribution in [3.05, 3.63) is 60.2 Å². The molecule has 0 heterocycles. The summed E-state index contributed by atoms with van der Waals surface area (Å²) < 4.78 is 5.65. The van der Waals surface area contributed by atoms with Gasteiger partial charge in [-0.25, -0.2) is 0 Å². The second-order valence-corrected chi connectivity index (χ2v) is 3.67. The molecule has 0 saturated heterocycles. The first-order chi connectivity index (χ1) is 7.84. The van der Waals surface area contributed by atoms with E-state index in [2.05, 4.69) is 30.4 Å². The van der Waals surface area contributed by atoms with Crippen LogP contribution >= 0.6 is 0 Å². The highest BCUT2D eigenvalue weighted by Gasteiger charge is 1.96. The molecule has 1 aromatic carbocycles. The molecule has 0 saturated carbocycles. The topological polar surface area (TPSA) is 35.2 Å². The maximum Gasteiger partial charge on any atom is 0.119 e. The highest BCUT2D eigenvalue weighted by molar-refractivity contribution is 5.41. The predicted octanol–water partition coefficient (Wildman–Crippen LogP) is 3.09. The van der Waals surface area contributed by atoms with Gasteiger partial charge in [-0.3, -0.25) is 0 Å². The number of benzene rings is 1. The van der Waals surface area contributed by atoms with E-state index in [0.29, 0.717) is 6.61 Å². The van der Waals surface area contributed by atoms with Gasteiger partial charge in [0.25, 0.3) is 0 Å². The van der Waals surface area contributed by atoms with Crippen LogP contribution in [0.2, 0.25) is 0 Å². The van der Waals surface area contributed by atoms with Crippen LogP contribution in [0.3, 0.4) is 0 Å². The highest BCUT2D eigenvalue weighted by Crippen LogP contribution is 2.14. The van der Waals surface area contributed by atoms with Crippen LogP contribution in [0.1, 0.15) is 6.42 Å². The smallest absolute Gasteiger partial charge is 0.119 e. The second-order valence-electron chi connectivity index (χ2n) is 3.67. The number of nitrogen functional groups attached to an aromatic ring is 1. The number of allylic oxidation sites excluding steroid dienone is 4.